The van der Waals surface area contributed by atoms with Crippen LogP contribution >= 0.6 is 0 Å². The summed E-state index contributed by atoms with van der Waals surface area (Å²) in [5.41, 5.74) is -1.17. The molecular formula is C25H38N2O10. The second-order valence-corrected chi connectivity index (χ2v) is 10.4. The van der Waals surface area contributed by atoms with Crippen molar-refractivity contribution in [1.29, 1.82) is 0 Å². The molecule has 0 bridgehead atoms. The van der Waals surface area contributed by atoms with Gasteiger partial charge in [-0.05, 0) is 48.0 Å². The number of carbonyl (C=O) groups is 6. The van der Waals surface area contributed by atoms with Gasteiger partial charge in [-0.1, -0.05) is 6.08 Å². The zero-order chi connectivity index (χ0) is 28.4. The number of cyclic esters (lactones) is 2. The van der Waals surface area contributed by atoms with Crippen molar-refractivity contribution in [2.75, 3.05) is 26.3 Å². The zero-order valence-corrected chi connectivity index (χ0v) is 22.5. The Bertz CT molecular complexity index is 885. The SMILES string of the molecule is C=CCC(CC(=O)OC(C)(C)C)C(=O)N1CCOC1=O.CC(C)(C)OC(=O)CCC(=O)N1CCOC1=O. The monoisotopic (exact) mass is 526 g/mol. The van der Waals surface area contributed by atoms with Crippen LogP contribution in [0, 0.1) is 5.92 Å². The molecule has 2 rings (SSSR count). The molecule has 2 aliphatic rings. The maximum atomic E-state index is 12.2. The summed E-state index contributed by atoms with van der Waals surface area (Å²) in [5.74, 6) is -2.38. The Labute approximate surface area is 217 Å². The minimum Gasteiger partial charge on any atom is -0.460 e. The summed E-state index contributed by atoms with van der Waals surface area (Å²) in [5, 5.41) is 0. The van der Waals surface area contributed by atoms with Crippen molar-refractivity contribution in [3.63, 3.8) is 0 Å². The van der Waals surface area contributed by atoms with Gasteiger partial charge in [-0.25, -0.2) is 19.4 Å². The predicted molar refractivity (Wildman–Crippen MR) is 130 cm³/mol. The molecule has 4 amide bonds. The molecule has 208 valence electrons. The van der Waals surface area contributed by atoms with Crippen LogP contribution < -0.4 is 0 Å². The molecule has 1 unspecified atom stereocenters. The lowest BCUT2D eigenvalue weighted by Crippen LogP contribution is -2.38. The molecule has 2 heterocycles. The number of esters is 2. The first-order chi connectivity index (χ1) is 17.0. The van der Waals surface area contributed by atoms with Gasteiger partial charge < -0.3 is 18.9 Å². The highest BCUT2D eigenvalue weighted by molar-refractivity contribution is 5.96. The third-order valence-corrected chi connectivity index (χ3v) is 4.69. The summed E-state index contributed by atoms with van der Waals surface area (Å²) < 4.78 is 19.6. The summed E-state index contributed by atoms with van der Waals surface area (Å²) in [4.78, 5) is 71.4. The number of amides is 4. The zero-order valence-electron chi connectivity index (χ0n) is 22.5. The van der Waals surface area contributed by atoms with Gasteiger partial charge in [0.2, 0.25) is 11.8 Å². The fraction of sp³-hybridized carbons (Fsp3) is 0.680. The van der Waals surface area contributed by atoms with Crippen LogP contribution in [-0.4, -0.2) is 83.2 Å². The molecule has 0 aliphatic carbocycles. The second kappa shape index (κ2) is 13.8. The highest BCUT2D eigenvalue weighted by Crippen LogP contribution is 2.19. The first kappa shape index (κ1) is 31.6. The number of rotatable bonds is 8. The molecule has 0 aromatic carbocycles. The standard InChI is InChI=1S/C14H21NO5.C11H17NO5/c1-5-6-10(9-11(16)20-14(2,3)4)12(17)15-7-8-19-13(15)18;1-11(2,3)17-9(14)5-4-8(13)12-6-7-16-10(12)15/h5,10H,1,6-9H2,2-4H3;4-7H2,1-3H3. The summed E-state index contributed by atoms with van der Waals surface area (Å²) >= 11 is 0. The number of nitrogens with zero attached hydrogens (tertiary/aromatic N) is 2. The largest absolute Gasteiger partial charge is 0.460 e. The molecule has 12 heteroatoms. The third-order valence-electron chi connectivity index (χ3n) is 4.69. The molecule has 0 aromatic heterocycles. The summed E-state index contributed by atoms with van der Waals surface area (Å²) in [6.07, 6.45) is 0.416. The van der Waals surface area contributed by atoms with Crippen molar-refractivity contribution < 1.29 is 47.7 Å². The van der Waals surface area contributed by atoms with Crippen LogP contribution in [-0.2, 0) is 38.1 Å². The Morgan fingerprint density at radius 1 is 0.865 bits per heavy atom. The van der Waals surface area contributed by atoms with Gasteiger partial charge in [-0.2, -0.15) is 0 Å². The van der Waals surface area contributed by atoms with Crippen molar-refractivity contribution in [2.45, 2.75) is 78.4 Å². The number of ether oxygens (including phenoxy) is 4. The highest BCUT2D eigenvalue weighted by Gasteiger charge is 2.35. The van der Waals surface area contributed by atoms with E-state index >= 15 is 0 Å². The topological polar surface area (TPSA) is 146 Å². The van der Waals surface area contributed by atoms with Crippen LogP contribution in [0.3, 0.4) is 0 Å². The molecule has 0 saturated carbocycles. The van der Waals surface area contributed by atoms with Gasteiger partial charge in [-0.15, -0.1) is 6.58 Å². The lowest BCUT2D eigenvalue weighted by atomic mass is 9.99. The molecule has 12 nitrogen and oxygen atoms in total. The van der Waals surface area contributed by atoms with E-state index in [1.54, 1.807) is 47.6 Å². The minimum atomic E-state index is -0.659. The van der Waals surface area contributed by atoms with Crippen molar-refractivity contribution in [3.8, 4) is 0 Å². The van der Waals surface area contributed by atoms with Crippen molar-refractivity contribution >= 4 is 35.9 Å². The molecule has 1 atom stereocenters. The molecule has 0 aromatic rings. The summed E-state index contributed by atoms with van der Waals surface area (Å²) in [6, 6.07) is 0. The number of imide groups is 2. The van der Waals surface area contributed by atoms with Gasteiger partial charge >= 0.3 is 24.1 Å². The van der Waals surface area contributed by atoms with Gasteiger partial charge in [0.25, 0.3) is 0 Å². The first-order valence-corrected chi connectivity index (χ1v) is 12.0. The normalized spacial score (nSPS) is 16.2. The average Bonchev–Trinajstić information content (AvgIpc) is 3.37. The first-order valence-electron chi connectivity index (χ1n) is 12.0. The van der Waals surface area contributed by atoms with E-state index in [1.165, 1.54) is 0 Å². The van der Waals surface area contributed by atoms with Gasteiger partial charge in [-0.3, -0.25) is 19.2 Å². The lowest BCUT2D eigenvalue weighted by molar-refractivity contribution is -0.158. The molecule has 0 radical (unpaired) electrons. The van der Waals surface area contributed by atoms with Gasteiger partial charge in [0, 0.05) is 6.42 Å². The Hall–Kier alpha value is -3.44. The Morgan fingerprint density at radius 3 is 1.78 bits per heavy atom. The minimum absolute atomic E-state index is 0.0279. The van der Waals surface area contributed by atoms with Gasteiger partial charge in [0.05, 0.1) is 31.8 Å². The van der Waals surface area contributed by atoms with Crippen molar-refractivity contribution in [1.82, 2.24) is 9.80 Å². The van der Waals surface area contributed by atoms with Crippen LogP contribution in [0.4, 0.5) is 9.59 Å². The van der Waals surface area contributed by atoms with Crippen molar-refractivity contribution in [3.05, 3.63) is 12.7 Å². The average molecular weight is 527 g/mol. The highest BCUT2D eigenvalue weighted by atomic mass is 16.6. The number of hydrogen-bond acceptors (Lipinski definition) is 10. The van der Waals surface area contributed by atoms with Gasteiger partial charge in [0.1, 0.15) is 24.4 Å². The van der Waals surface area contributed by atoms with Gasteiger partial charge in [0.15, 0.2) is 0 Å². The smallest absolute Gasteiger partial charge is 0.416 e. The van der Waals surface area contributed by atoms with Crippen LogP contribution in [0.15, 0.2) is 12.7 Å². The molecule has 2 saturated heterocycles. The molecule has 2 aliphatic heterocycles. The fourth-order valence-corrected chi connectivity index (χ4v) is 3.23. The molecular weight excluding hydrogens is 488 g/mol. The summed E-state index contributed by atoms with van der Waals surface area (Å²) in [6.45, 7) is 15.0. The second-order valence-electron chi connectivity index (χ2n) is 10.4. The van der Waals surface area contributed by atoms with E-state index in [0.717, 1.165) is 9.80 Å². The Balaban J connectivity index is 0.000000375. The maximum Gasteiger partial charge on any atom is 0.416 e. The quantitative estimate of drug-likeness (QED) is 0.263. The Morgan fingerprint density at radius 2 is 1.35 bits per heavy atom. The Kier molecular flexibility index (Phi) is 11.7. The maximum absolute atomic E-state index is 12.2. The molecule has 2 fully saturated rings. The van der Waals surface area contributed by atoms with Crippen LogP contribution in [0.5, 0.6) is 0 Å². The molecule has 37 heavy (non-hydrogen) atoms. The van der Waals surface area contributed by atoms with Crippen LogP contribution in [0.1, 0.15) is 67.2 Å². The lowest BCUT2D eigenvalue weighted by Gasteiger charge is -2.22. The fourth-order valence-electron chi connectivity index (χ4n) is 3.23. The van der Waals surface area contributed by atoms with Crippen molar-refractivity contribution in [2.24, 2.45) is 5.92 Å². The van der Waals surface area contributed by atoms with E-state index in [1.807, 2.05) is 0 Å². The number of allylic oxidation sites excluding steroid dienone is 1. The molecule has 0 spiro atoms. The third kappa shape index (κ3) is 11.9. The predicted octanol–water partition coefficient (Wildman–Crippen LogP) is 2.98. The van der Waals surface area contributed by atoms with E-state index in [0.29, 0.717) is 6.42 Å². The van der Waals surface area contributed by atoms with E-state index in [4.69, 9.17) is 14.2 Å². The van der Waals surface area contributed by atoms with Crippen LogP contribution in [0.2, 0.25) is 0 Å². The van der Waals surface area contributed by atoms with Crippen LogP contribution in [0.25, 0.3) is 0 Å². The van der Waals surface area contributed by atoms with E-state index < -0.39 is 53.1 Å². The van der Waals surface area contributed by atoms with E-state index in [-0.39, 0.29) is 45.6 Å². The van der Waals surface area contributed by atoms with E-state index in [2.05, 4.69) is 11.3 Å². The van der Waals surface area contributed by atoms with E-state index in [9.17, 15) is 28.8 Å². The summed E-state index contributed by atoms with van der Waals surface area (Å²) in [7, 11) is 0. The number of hydrogen-bond donors (Lipinski definition) is 0. The molecule has 0 N–H and O–H groups in total. The number of carbonyl (C=O) groups excluding carboxylic acids is 6.